The Hall–Kier alpha value is -3.55. The molecule has 3 aromatic rings. The van der Waals surface area contributed by atoms with Crippen LogP contribution in [0.3, 0.4) is 0 Å². The van der Waals surface area contributed by atoms with Gasteiger partial charge in [0.25, 0.3) is 0 Å². The zero-order chi connectivity index (χ0) is 20.5. The number of hydrogen-bond acceptors (Lipinski definition) is 5. The molecule has 2 heterocycles. The first-order valence-electron chi connectivity index (χ1n) is 10.2. The zero-order valence-corrected chi connectivity index (χ0v) is 16.4. The molecule has 2 amide bonds. The van der Waals surface area contributed by atoms with Gasteiger partial charge < -0.3 is 10.2 Å². The summed E-state index contributed by atoms with van der Waals surface area (Å²) in [6.07, 6.45) is 2.41. The van der Waals surface area contributed by atoms with Gasteiger partial charge in [-0.05, 0) is 41.0 Å². The van der Waals surface area contributed by atoms with Gasteiger partial charge in [-0.1, -0.05) is 42.5 Å². The van der Waals surface area contributed by atoms with Crippen molar-refractivity contribution >= 4 is 17.5 Å². The van der Waals surface area contributed by atoms with Gasteiger partial charge in [0.05, 0.1) is 12.0 Å². The van der Waals surface area contributed by atoms with E-state index in [-0.39, 0.29) is 24.2 Å². The molecule has 1 saturated carbocycles. The van der Waals surface area contributed by atoms with Gasteiger partial charge in [-0.3, -0.25) is 9.59 Å². The monoisotopic (exact) mass is 402 g/mol. The molecule has 152 valence electrons. The summed E-state index contributed by atoms with van der Waals surface area (Å²) in [5.41, 5.74) is 2.60. The first-order chi connectivity index (χ1) is 14.7. The number of aromatic nitrogens is 4. The lowest BCUT2D eigenvalue weighted by molar-refractivity contribution is -0.128. The Labute approximate surface area is 173 Å². The van der Waals surface area contributed by atoms with Crippen LogP contribution in [-0.4, -0.2) is 43.5 Å². The second-order valence-electron chi connectivity index (χ2n) is 7.91. The predicted molar refractivity (Wildman–Crippen MR) is 110 cm³/mol. The van der Waals surface area contributed by atoms with Crippen LogP contribution >= 0.6 is 0 Å². The molecule has 5 rings (SSSR count). The summed E-state index contributed by atoms with van der Waals surface area (Å²) in [4.78, 5) is 26.9. The number of amides is 2. The fourth-order valence-corrected chi connectivity index (χ4v) is 3.83. The summed E-state index contributed by atoms with van der Waals surface area (Å²) in [6.45, 7) is 0.960. The van der Waals surface area contributed by atoms with Gasteiger partial charge >= 0.3 is 0 Å². The minimum Gasteiger partial charge on any atom is -0.338 e. The molecule has 1 N–H and O–H groups in total. The van der Waals surface area contributed by atoms with E-state index >= 15 is 0 Å². The molecule has 2 aliphatic rings. The molecule has 8 nitrogen and oxygen atoms in total. The molecular weight excluding hydrogens is 380 g/mol. The van der Waals surface area contributed by atoms with E-state index in [0.717, 1.165) is 24.0 Å². The molecule has 1 saturated heterocycles. The van der Waals surface area contributed by atoms with Crippen LogP contribution in [0.25, 0.3) is 11.4 Å². The average Bonchev–Trinajstić information content (AvgIpc) is 3.37. The molecule has 30 heavy (non-hydrogen) atoms. The number of carbonyl (C=O) groups is 2. The van der Waals surface area contributed by atoms with Crippen molar-refractivity contribution in [2.24, 2.45) is 5.92 Å². The fraction of sp³-hybridized carbons (Fsp3) is 0.318. The van der Waals surface area contributed by atoms with E-state index in [1.807, 2.05) is 59.3 Å². The summed E-state index contributed by atoms with van der Waals surface area (Å²) in [5.74, 6) is 0.217. The van der Waals surface area contributed by atoms with Crippen LogP contribution in [-0.2, 0) is 16.1 Å². The lowest BCUT2D eigenvalue weighted by atomic mass is 10.1. The van der Waals surface area contributed by atoms with Gasteiger partial charge in [0.15, 0.2) is 5.82 Å². The van der Waals surface area contributed by atoms with Crippen molar-refractivity contribution in [3.63, 3.8) is 0 Å². The van der Waals surface area contributed by atoms with Crippen molar-refractivity contribution in [3.8, 4) is 11.4 Å². The Bertz CT molecular complexity index is 1080. The van der Waals surface area contributed by atoms with Crippen LogP contribution in [0.4, 0.5) is 5.69 Å². The summed E-state index contributed by atoms with van der Waals surface area (Å²) < 4.78 is 1.85. The number of likely N-dealkylation sites (tertiary alicyclic amines) is 1. The average molecular weight is 402 g/mol. The minimum absolute atomic E-state index is 0.0105. The van der Waals surface area contributed by atoms with Gasteiger partial charge in [0.1, 0.15) is 0 Å². The van der Waals surface area contributed by atoms with Crippen LogP contribution < -0.4 is 5.32 Å². The molecule has 1 aromatic heterocycles. The van der Waals surface area contributed by atoms with Crippen molar-refractivity contribution < 1.29 is 9.59 Å². The van der Waals surface area contributed by atoms with Crippen molar-refractivity contribution in [1.29, 1.82) is 0 Å². The van der Waals surface area contributed by atoms with Crippen molar-refractivity contribution in [2.75, 3.05) is 11.9 Å². The highest BCUT2D eigenvalue weighted by atomic mass is 16.2. The van der Waals surface area contributed by atoms with Crippen molar-refractivity contribution in [3.05, 3.63) is 60.2 Å². The molecule has 0 spiro atoms. The summed E-state index contributed by atoms with van der Waals surface area (Å²) >= 11 is 0. The molecule has 8 heteroatoms. The zero-order valence-electron chi connectivity index (χ0n) is 16.4. The van der Waals surface area contributed by atoms with E-state index in [1.54, 1.807) is 4.90 Å². The first kappa shape index (κ1) is 18.5. The second kappa shape index (κ2) is 7.70. The highest BCUT2D eigenvalue weighted by Gasteiger charge is 2.34. The Balaban J connectivity index is 1.26. The molecule has 0 unspecified atom stereocenters. The van der Waals surface area contributed by atoms with Crippen LogP contribution in [0.1, 0.15) is 30.9 Å². The highest BCUT2D eigenvalue weighted by Crippen LogP contribution is 2.36. The van der Waals surface area contributed by atoms with E-state index in [2.05, 4.69) is 20.8 Å². The molecular formula is C22H22N6O2. The Morgan fingerprint density at radius 2 is 1.93 bits per heavy atom. The van der Waals surface area contributed by atoms with Crippen LogP contribution in [0.5, 0.6) is 0 Å². The number of nitrogens with one attached hydrogen (secondary N) is 1. The Morgan fingerprint density at radius 1 is 1.10 bits per heavy atom. The summed E-state index contributed by atoms with van der Waals surface area (Å²) in [6, 6.07) is 17.7. The smallest absolute Gasteiger partial charge is 0.229 e. The molecule has 2 aromatic carbocycles. The maximum absolute atomic E-state index is 12.8. The molecule has 0 radical (unpaired) electrons. The SMILES string of the molecule is O=C(Nc1cccc(-c2nnnn2C2CC2)c1)[C@H]1CC(=O)N(Cc2ccccc2)C1. The fourth-order valence-electron chi connectivity index (χ4n) is 3.83. The number of benzene rings is 2. The lowest BCUT2D eigenvalue weighted by Gasteiger charge is -2.16. The number of anilines is 1. The van der Waals surface area contributed by atoms with E-state index in [4.69, 9.17) is 0 Å². The number of carbonyl (C=O) groups excluding carboxylic acids is 2. The quantitative estimate of drug-likeness (QED) is 0.684. The number of hydrogen-bond donors (Lipinski definition) is 1. The van der Waals surface area contributed by atoms with Gasteiger partial charge in [-0.2, -0.15) is 0 Å². The minimum atomic E-state index is -0.360. The van der Waals surface area contributed by atoms with Gasteiger partial charge in [0, 0.05) is 30.8 Å². The van der Waals surface area contributed by atoms with Crippen LogP contribution in [0, 0.1) is 5.92 Å². The van der Waals surface area contributed by atoms with Crippen LogP contribution in [0.2, 0.25) is 0 Å². The van der Waals surface area contributed by atoms with Gasteiger partial charge in [0.2, 0.25) is 11.8 Å². The highest BCUT2D eigenvalue weighted by molar-refractivity contribution is 5.97. The first-order valence-corrected chi connectivity index (χ1v) is 10.2. The van der Waals surface area contributed by atoms with E-state index in [1.165, 1.54) is 0 Å². The summed E-state index contributed by atoms with van der Waals surface area (Å²) in [5, 5.41) is 15.0. The maximum atomic E-state index is 12.8. The third-order valence-corrected chi connectivity index (χ3v) is 5.58. The number of tetrazole rings is 1. The normalized spacial score (nSPS) is 18.6. The topological polar surface area (TPSA) is 93.0 Å². The molecule has 0 bridgehead atoms. The second-order valence-corrected chi connectivity index (χ2v) is 7.91. The summed E-state index contributed by atoms with van der Waals surface area (Å²) in [7, 11) is 0. The van der Waals surface area contributed by atoms with Gasteiger partial charge in [-0.15, -0.1) is 5.10 Å². The van der Waals surface area contributed by atoms with E-state index in [0.29, 0.717) is 30.6 Å². The third-order valence-electron chi connectivity index (χ3n) is 5.58. The van der Waals surface area contributed by atoms with E-state index < -0.39 is 0 Å². The third kappa shape index (κ3) is 3.80. The van der Waals surface area contributed by atoms with E-state index in [9.17, 15) is 9.59 Å². The predicted octanol–water partition coefficient (Wildman–Crippen LogP) is 2.66. The Kier molecular flexibility index (Phi) is 4.74. The molecule has 1 atom stereocenters. The molecule has 2 fully saturated rings. The number of rotatable bonds is 6. The van der Waals surface area contributed by atoms with Crippen molar-refractivity contribution in [2.45, 2.75) is 31.8 Å². The standard InChI is InChI=1S/C22H22N6O2/c29-20-12-17(14-27(20)13-15-5-2-1-3-6-15)22(30)23-18-8-4-7-16(11-18)21-24-25-26-28(21)19-9-10-19/h1-8,11,17,19H,9-10,12-14H2,(H,23,30)/t17-/m0/s1. The molecule has 1 aliphatic carbocycles. The maximum Gasteiger partial charge on any atom is 0.229 e. The number of nitrogens with zero attached hydrogens (tertiary/aromatic N) is 5. The van der Waals surface area contributed by atoms with Crippen LogP contribution in [0.15, 0.2) is 54.6 Å². The lowest BCUT2D eigenvalue weighted by Crippen LogP contribution is -2.28. The van der Waals surface area contributed by atoms with Crippen molar-refractivity contribution in [1.82, 2.24) is 25.1 Å². The largest absolute Gasteiger partial charge is 0.338 e. The Morgan fingerprint density at radius 3 is 2.73 bits per heavy atom. The molecule has 1 aliphatic heterocycles. The van der Waals surface area contributed by atoms with Gasteiger partial charge in [-0.25, -0.2) is 4.68 Å².